The number of nitrogens with two attached hydrogens (primary N) is 1. The Kier molecular flexibility index (Phi) is 4.83. The molecule has 1 atom stereocenters. The number of aliphatic hydroxyl groups excluding tert-OH is 1. The standard InChI is InChI=1S/C16H18ClNO/c17-13-9-10-14(15(18)11-13)16(19)8-4-7-12-5-2-1-3-6-12/h1-3,5-6,9-11,16,19H,4,7-8,18H2. The first-order valence-corrected chi connectivity index (χ1v) is 6.81. The predicted octanol–water partition coefficient (Wildman–Crippen LogP) is 3.98. The van der Waals surface area contributed by atoms with Gasteiger partial charge in [-0.3, -0.25) is 0 Å². The lowest BCUT2D eigenvalue weighted by Crippen LogP contribution is -2.02. The van der Waals surface area contributed by atoms with E-state index in [-0.39, 0.29) is 0 Å². The number of rotatable bonds is 5. The fourth-order valence-electron chi connectivity index (χ4n) is 2.15. The van der Waals surface area contributed by atoms with E-state index < -0.39 is 6.10 Å². The van der Waals surface area contributed by atoms with Crippen LogP contribution in [0.3, 0.4) is 0 Å². The maximum absolute atomic E-state index is 10.1. The van der Waals surface area contributed by atoms with Gasteiger partial charge >= 0.3 is 0 Å². The smallest absolute Gasteiger partial charge is 0.0810 e. The third-order valence-electron chi connectivity index (χ3n) is 3.19. The van der Waals surface area contributed by atoms with Crippen molar-refractivity contribution < 1.29 is 5.11 Å². The summed E-state index contributed by atoms with van der Waals surface area (Å²) in [6.07, 6.45) is 2.06. The van der Waals surface area contributed by atoms with Crippen molar-refractivity contribution in [1.29, 1.82) is 0 Å². The first-order chi connectivity index (χ1) is 9.16. The Labute approximate surface area is 118 Å². The molecule has 2 rings (SSSR count). The summed E-state index contributed by atoms with van der Waals surface area (Å²) in [7, 11) is 0. The molecule has 0 fully saturated rings. The maximum Gasteiger partial charge on any atom is 0.0810 e. The van der Waals surface area contributed by atoms with E-state index in [4.69, 9.17) is 17.3 Å². The molecule has 100 valence electrons. The second-order valence-electron chi connectivity index (χ2n) is 4.67. The van der Waals surface area contributed by atoms with Crippen LogP contribution in [0.2, 0.25) is 5.02 Å². The molecule has 0 amide bonds. The summed E-state index contributed by atoms with van der Waals surface area (Å²) in [5.74, 6) is 0. The predicted molar refractivity (Wildman–Crippen MR) is 80.2 cm³/mol. The molecule has 2 aromatic rings. The molecule has 0 aromatic heterocycles. The van der Waals surface area contributed by atoms with Crippen molar-refractivity contribution in [3.05, 3.63) is 64.7 Å². The Morgan fingerprint density at radius 2 is 1.84 bits per heavy atom. The summed E-state index contributed by atoms with van der Waals surface area (Å²) in [6.45, 7) is 0. The van der Waals surface area contributed by atoms with Crippen molar-refractivity contribution in [1.82, 2.24) is 0 Å². The Morgan fingerprint density at radius 3 is 2.53 bits per heavy atom. The minimum atomic E-state index is -0.527. The number of aryl methyl sites for hydroxylation is 1. The first-order valence-electron chi connectivity index (χ1n) is 6.44. The van der Waals surface area contributed by atoms with Crippen LogP contribution in [0.4, 0.5) is 5.69 Å². The molecule has 3 N–H and O–H groups in total. The quantitative estimate of drug-likeness (QED) is 0.811. The molecule has 0 radical (unpaired) electrons. The fourth-order valence-corrected chi connectivity index (χ4v) is 2.33. The van der Waals surface area contributed by atoms with E-state index in [0.29, 0.717) is 17.1 Å². The average molecular weight is 276 g/mol. The van der Waals surface area contributed by atoms with Gasteiger partial charge in [-0.1, -0.05) is 48.0 Å². The number of aliphatic hydroxyl groups is 1. The summed E-state index contributed by atoms with van der Waals surface area (Å²) in [5.41, 5.74) is 8.47. The average Bonchev–Trinajstić information content (AvgIpc) is 2.39. The van der Waals surface area contributed by atoms with E-state index in [1.54, 1.807) is 18.2 Å². The number of hydrogen-bond donors (Lipinski definition) is 2. The van der Waals surface area contributed by atoms with Gasteiger partial charge in [-0.05, 0) is 37.0 Å². The molecular formula is C16H18ClNO. The second kappa shape index (κ2) is 6.60. The zero-order chi connectivity index (χ0) is 13.7. The lowest BCUT2D eigenvalue weighted by atomic mass is 10.00. The molecule has 2 aromatic carbocycles. The zero-order valence-corrected chi connectivity index (χ0v) is 11.5. The molecule has 0 bridgehead atoms. The summed E-state index contributed by atoms with van der Waals surface area (Å²) >= 11 is 5.84. The number of nitrogen functional groups attached to an aromatic ring is 1. The Morgan fingerprint density at radius 1 is 1.11 bits per heavy atom. The third kappa shape index (κ3) is 3.98. The molecule has 19 heavy (non-hydrogen) atoms. The molecule has 3 heteroatoms. The van der Waals surface area contributed by atoms with Gasteiger partial charge in [-0.2, -0.15) is 0 Å². The van der Waals surface area contributed by atoms with Gasteiger partial charge in [0.2, 0.25) is 0 Å². The minimum Gasteiger partial charge on any atom is -0.398 e. The van der Waals surface area contributed by atoms with E-state index in [1.807, 2.05) is 18.2 Å². The van der Waals surface area contributed by atoms with E-state index >= 15 is 0 Å². The molecule has 0 saturated carbocycles. The van der Waals surface area contributed by atoms with Crippen molar-refractivity contribution in [2.75, 3.05) is 5.73 Å². The van der Waals surface area contributed by atoms with Crippen molar-refractivity contribution >= 4 is 17.3 Å². The Balaban J connectivity index is 1.89. The number of anilines is 1. The van der Waals surface area contributed by atoms with Crippen molar-refractivity contribution in [2.45, 2.75) is 25.4 Å². The monoisotopic (exact) mass is 275 g/mol. The highest BCUT2D eigenvalue weighted by molar-refractivity contribution is 6.30. The molecule has 0 aliphatic rings. The molecule has 0 spiro atoms. The van der Waals surface area contributed by atoms with Crippen molar-refractivity contribution in [3.8, 4) is 0 Å². The summed E-state index contributed by atoms with van der Waals surface area (Å²) in [6, 6.07) is 15.5. The molecular weight excluding hydrogens is 258 g/mol. The van der Waals surface area contributed by atoms with Crippen LogP contribution in [0.15, 0.2) is 48.5 Å². The van der Waals surface area contributed by atoms with Gasteiger partial charge in [0.25, 0.3) is 0 Å². The van der Waals surface area contributed by atoms with Crippen LogP contribution in [0.1, 0.15) is 30.1 Å². The zero-order valence-electron chi connectivity index (χ0n) is 10.7. The van der Waals surface area contributed by atoms with Crippen LogP contribution in [0, 0.1) is 0 Å². The highest BCUT2D eigenvalue weighted by Gasteiger charge is 2.11. The Bertz CT molecular complexity index is 528. The third-order valence-corrected chi connectivity index (χ3v) is 3.43. The molecule has 0 heterocycles. The lowest BCUT2D eigenvalue weighted by Gasteiger charge is -2.13. The summed E-state index contributed by atoms with van der Waals surface area (Å²) in [5, 5.41) is 10.7. The van der Waals surface area contributed by atoms with E-state index in [2.05, 4.69) is 12.1 Å². The molecule has 2 nitrogen and oxygen atoms in total. The highest BCUT2D eigenvalue weighted by Crippen LogP contribution is 2.27. The van der Waals surface area contributed by atoms with Crippen LogP contribution < -0.4 is 5.73 Å². The second-order valence-corrected chi connectivity index (χ2v) is 5.10. The van der Waals surface area contributed by atoms with Gasteiger partial charge in [0, 0.05) is 16.3 Å². The number of benzene rings is 2. The van der Waals surface area contributed by atoms with Gasteiger partial charge in [-0.15, -0.1) is 0 Å². The van der Waals surface area contributed by atoms with Crippen molar-refractivity contribution in [2.24, 2.45) is 0 Å². The summed E-state index contributed by atoms with van der Waals surface area (Å²) in [4.78, 5) is 0. The summed E-state index contributed by atoms with van der Waals surface area (Å²) < 4.78 is 0. The lowest BCUT2D eigenvalue weighted by molar-refractivity contribution is 0.165. The van der Waals surface area contributed by atoms with Crippen LogP contribution in [0.5, 0.6) is 0 Å². The van der Waals surface area contributed by atoms with Crippen LogP contribution in [0.25, 0.3) is 0 Å². The minimum absolute atomic E-state index is 0.527. The largest absolute Gasteiger partial charge is 0.398 e. The Hall–Kier alpha value is -1.51. The van der Waals surface area contributed by atoms with E-state index in [9.17, 15) is 5.11 Å². The van der Waals surface area contributed by atoms with Gasteiger partial charge in [-0.25, -0.2) is 0 Å². The molecule has 0 aliphatic heterocycles. The van der Waals surface area contributed by atoms with Crippen LogP contribution in [-0.2, 0) is 6.42 Å². The fraction of sp³-hybridized carbons (Fsp3) is 0.250. The molecule has 0 saturated heterocycles. The van der Waals surface area contributed by atoms with Crippen LogP contribution in [-0.4, -0.2) is 5.11 Å². The highest BCUT2D eigenvalue weighted by atomic mass is 35.5. The van der Waals surface area contributed by atoms with Gasteiger partial charge in [0.1, 0.15) is 0 Å². The SMILES string of the molecule is Nc1cc(Cl)ccc1C(O)CCCc1ccccc1. The topological polar surface area (TPSA) is 46.2 Å². The van der Waals surface area contributed by atoms with E-state index in [1.165, 1.54) is 5.56 Å². The van der Waals surface area contributed by atoms with Gasteiger partial charge in [0.05, 0.1) is 6.10 Å². The van der Waals surface area contributed by atoms with Gasteiger partial charge in [0.15, 0.2) is 0 Å². The molecule has 1 unspecified atom stereocenters. The first kappa shape index (κ1) is 13.9. The van der Waals surface area contributed by atoms with E-state index in [0.717, 1.165) is 18.4 Å². The van der Waals surface area contributed by atoms with Crippen LogP contribution >= 0.6 is 11.6 Å². The molecule has 0 aliphatic carbocycles. The normalized spacial score (nSPS) is 12.3. The number of halogens is 1. The van der Waals surface area contributed by atoms with Gasteiger partial charge < -0.3 is 10.8 Å². The van der Waals surface area contributed by atoms with Crippen molar-refractivity contribution in [3.63, 3.8) is 0 Å². The number of hydrogen-bond acceptors (Lipinski definition) is 2. The maximum atomic E-state index is 10.1.